The minimum atomic E-state index is -3.52. The van der Waals surface area contributed by atoms with Crippen LogP contribution in [-0.4, -0.2) is 31.6 Å². The topological polar surface area (TPSA) is 78.2 Å². The Bertz CT molecular complexity index is 636. The van der Waals surface area contributed by atoms with Crippen molar-refractivity contribution in [1.29, 1.82) is 5.26 Å². The van der Waals surface area contributed by atoms with E-state index in [-0.39, 0.29) is 16.6 Å². The van der Waals surface area contributed by atoms with Crippen molar-refractivity contribution in [3.8, 4) is 6.07 Å². The second-order valence-electron chi connectivity index (χ2n) is 4.89. The largest absolute Gasteiger partial charge is 0.295 e. The summed E-state index contributed by atoms with van der Waals surface area (Å²) in [5, 5.41) is 8.83. The normalized spacial score (nSPS) is 17.6. The summed E-state index contributed by atoms with van der Waals surface area (Å²) in [6.07, 6.45) is 1.14. The Labute approximate surface area is 118 Å². The molecule has 0 amide bonds. The fourth-order valence-corrected chi connectivity index (χ4v) is 3.71. The van der Waals surface area contributed by atoms with Gasteiger partial charge in [-0.05, 0) is 31.9 Å². The van der Waals surface area contributed by atoms with Crippen LogP contribution in [0.15, 0.2) is 29.2 Å². The number of hydrogen-bond donors (Lipinski definition) is 0. The van der Waals surface area contributed by atoms with Gasteiger partial charge in [-0.2, -0.15) is 9.57 Å². The average molecular weight is 292 g/mol. The van der Waals surface area contributed by atoms with E-state index in [1.165, 1.54) is 35.5 Å². The van der Waals surface area contributed by atoms with Gasteiger partial charge in [0, 0.05) is 24.6 Å². The fraction of sp³-hybridized carbons (Fsp3) is 0.429. The first-order valence-corrected chi connectivity index (χ1v) is 7.90. The van der Waals surface area contributed by atoms with Gasteiger partial charge in [-0.15, -0.1) is 0 Å². The number of nitriles is 1. The number of benzene rings is 1. The lowest BCUT2D eigenvalue weighted by Gasteiger charge is -2.28. The Balaban J connectivity index is 2.19. The van der Waals surface area contributed by atoms with Gasteiger partial charge >= 0.3 is 0 Å². The van der Waals surface area contributed by atoms with Crippen molar-refractivity contribution in [2.45, 2.75) is 24.7 Å². The van der Waals surface area contributed by atoms with Crippen LogP contribution in [0.2, 0.25) is 0 Å². The molecule has 1 aliphatic rings. The zero-order chi connectivity index (χ0) is 14.8. The van der Waals surface area contributed by atoms with Crippen LogP contribution >= 0.6 is 0 Å². The molecule has 1 aromatic carbocycles. The second kappa shape index (κ2) is 5.73. The first-order chi connectivity index (χ1) is 9.45. The minimum Gasteiger partial charge on any atom is -0.295 e. The molecular formula is C14H16N2O3S. The first-order valence-electron chi connectivity index (χ1n) is 6.46. The number of hydrogen-bond acceptors (Lipinski definition) is 4. The molecule has 5 nitrogen and oxygen atoms in total. The van der Waals surface area contributed by atoms with Gasteiger partial charge in [0.2, 0.25) is 10.0 Å². The predicted octanol–water partition coefficient (Wildman–Crippen LogP) is 1.81. The van der Waals surface area contributed by atoms with Crippen LogP contribution in [0, 0.1) is 17.2 Å². The number of nitrogens with zero attached hydrogens (tertiary/aromatic N) is 2. The third-order valence-corrected chi connectivity index (χ3v) is 5.45. The van der Waals surface area contributed by atoms with Crippen molar-refractivity contribution in [3.05, 3.63) is 29.8 Å². The zero-order valence-electron chi connectivity index (χ0n) is 11.2. The Morgan fingerprint density at radius 1 is 1.25 bits per heavy atom. The van der Waals surface area contributed by atoms with Crippen LogP contribution in [0.5, 0.6) is 0 Å². The molecule has 0 bridgehead atoms. The zero-order valence-corrected chi connectivity index (χ0v) is 12.1. The molecule has 0 spiro atoms. The summed E-state index contributed by atoms with van der Waals surface area (Å²) in [6.45, 7) is 2.18. The van der Waals surface area contributed by atoms with Crippen molar-refractivity contribution in [1.82, 2.24) is 4.31 Å². The highest BCUT2D eigenvalue weighted by Crippen LogP contribution is 2.23. The van der Waals surface area contributed by atoms with E-state index in [0.717, 1.165) is 0 Å². The van der Waals surface area contributed by atoms with Crippen molar-refractivity contribution in [2.24, 2.45) is 5.92 Å². The van der Waals surface area contributed by atoms with Crippen LogP contribution in [-0.2, 0) is 10.0 Å². The third-order valence-electron chi connectivity index (χ3n) is 3.54. The smallest absolute Gasteiger partial charge is 0.243 e. The molecule has 2 rings (SSSR count). The summed E-state index contributed by atoms with van der Waals surface area (Å²) in [6, 6.07) is 8.15. The van der Waals surface area contributed by atoms with E-state index in [1.54, 1.807) is 0 Å². The van der Waals surface area contributed by atoms with Crippen LogP contribution < -0.4 is 0 Å². The Morgan fingerprint density at radius 3 is 2.25 bits per heavy atom. The SMILES string of the molecule is CC(=O)c1ccc(S(=O)(=O)N2CCC(C#N)CC2)cc1. The average Bonchev–Trinajstić information content (AvgIpc) is 2.47. The van der Waals surface area contributed by atoms with Gasteiger partial charge in [0.15, 0.2) is 5.78 Å². The summed E-state index contributed by atoms with van der Waals surface area (Å²) in [4.78, 5) is 11.4. The molecule has 0 saturated carbocycles. The van der Waals surface area contributed by atoms with Gasteiger partial charge in [0.25, 0.3) is 0 Å². The number of carbonyl (C=O) groups excluding carboxylic acids is 1. The Hall–Kier alpha value is -1.71. The lowest BCUT2D eigenvalue weighted by atomic mass is 10.0. The van der Waals surface area contributed by atoms with Crippen molar-refractivity contribution in [2.75, 3.05) is 13.1 Å². The summed E-state index contributed by atoms with van der Waals surface area (Å²) in [5.41, 5.74) is 0.493. The Kier molecular flexibility index (Phi) is 4.21. The predicted molar refractivity (Wildman–Crippen MR) is 73.5 cm³/mol. The molecule has 0 aliphatic carbocycles. The van der Waals surface area contributed by atoms with Crippen molar-refractivity contribution >= 4 is 15.8 Å². The molecule has 1 aliphatic heterocycles. The molecule has 1 fully saturated rings. The van der Waals surface area contributed by atoms with Gasteiger partial charge in [0.05, 0.1) is 11.0 Å². The molecule has 20 heavy (non-hydrogen) atoms. The monoisotopic (exact) mass is 292 g/mol. The Morgan fingerprint density at radius 2 is 1.80 bits per heavy atom. The highest BCUT2D eigenvalue weighted by molar-refractivity contribution is 7.89. The van der Waals surface area contributed by atoms with Gasteiger partial charge in [-0.3, -0.25) is 4.79 Å². The highest BCUT2D eigenvalue weighted by Gasteiger charge is 2.29. The van der Waals surface area contributed by atoms with Gasteiger partial charge < -0.3 is 0 Å². The second-order valence-corrected chi connectivity index (χ2v) is 6.83. The quantitative estimate of drug-likeness (QED) is 0.796. The first kappa shape index (κ1) is 14.7. The molecule has 1 heterocycles. The number of piperidine rings is 1. The van der Waals surface area contributed by atoms with Crippen LogP contribution in [0.25, 0.3) is 0 Å². The maximum Gasteiger partial charge on any atom is 0.243 e. The number of Topliss-reactive ketones (excluding diaryl/α,β-unsaturated/α-hetero) is 1. The molecule has 106 valence electrons. The standard InChI is InChI=1S/C14H16N2O3S/c1-11(17)13-2-4-14(5-3-13)20(18,19)16-8-6-12(10-15)7-9-16/h2-5,12H,6-9H2,1H3. The van der Waals surface area contributed by atoms with E-state index < -0.39 is 10.0 Å². The summed E-state index contributed by atoms with van der Waals surface area (Å²) in [7, 11) is -3.52. The molecule has 1 saturated heterocycles. The highest BCUT2D eigenvalue weighted by atomic mass is 32.2. The lowest BCUT2D eigenvalue weighted by Crippen LogP contribution is -2.38. The van der Waals surface area contributed by atoms with Crippen molar-refractivity contribution in [3.63, 3.8) is 0 Å². The van der Waals surface area contributed by atoms with Gasteiger partial charge in [0.1, 0.15) is 0 Å². The molecule has 0 radical (unpaired) electrons. The molecule has 0 atom stereocenters. The number of sulfonamides is 1. The molecule has 0 N–H and O–H groups in total. The molecular weight excluding hydrogens is 276 g/mol. The maximum atomic E-state index is 12.4. The van der Waals surface area contributed by atoms with Crippen LogP contribution in [0.4, 0.5) is 0 Å². The summed E-state index contributed by atoms with van der Waals surface area (Å²) in [5.74, 6) is -0.148. The van der Waals surface area contributed by atoms with E-state index in [1.807, 2.05) is 0 Å². The molecule has 0 unspecified atom stereocenters. The third kappa shape index (κ3) is 2.89. The number of ketones is 1. The maximum absolute atomic E-state index is 12.4. The van der Waals surface area contributed by atoms with E-state index >= 15 is 0 Å². The lowest BCUT2D eigenvalue weighted by molar-refractivity contribution is 0.101. The van der Waals surface area contributed by atoms with Gasteiger partial charge in [-0.25, -0.2) is 8.42 Å². The van der Waals surface area contributed by atoms with Crippen LogP contribution in [0.1, 0.15) is 30.1 Å². The molecule has 6 heteroatoms. The number of carbonyl (C=O) groups is 1. The number of rotatable bonds is 3. The van der Waals surface area contributed by atoms with Crippen molar-refractivity contribution < 1.29 is 13.2 Å². The molecule has 1 aromatic rings. The van der Waals surface area contributed by atoms with E-state index in [0.29, 0.717) is 31.5 Å². The summed E-state index contributed by atoms with van der Waals surface area (Å²) < 4.78 is 26.2. The minimum absolute atomic E-state index is 0.0541. The van der Waals surface area contributed by atoms with E-state index in [4.69, 9.17) is 5.26 Å². The molecule has 0 aromatic heterocycles. The van der Waals surface area contributed by atoms with E-state index in [9.17, 15) is 13.2 Å². The van der Waals surface area contributed by atoms with Gasteiger partial charge in [-0.1, -0.05) is 12.1 Å². The fourth-order valence-electron chi connectivity index (χ4n) is 2.24. The summed E-state index contributed by atoms with van der Waals surface area (Å²) >= 11 is 0. The van der Waals surface area contributed by atoms with Crippen LogP contribution in [0.3, 0.4) is 0 Å². The van der Waals surface area contributed by atoms with E-state index in [2.05, 4.69) is 6.07 Å².